The summed E-state index contributed by atoms with van der Waals surface area (Å²) in [5, 5.41) is 2.85. The molecule has 92 valence electrons. The van der Waals surface area contributed by atoms with E-state index in [-0.39, 0.29) is 18.3 Å². The third-order valence-corrected chi connectivity index (χ3v) is 2.55. The lowest BCUT2D eigenvalue weighted by Gasteiger charge is -2.05. The fourth-order valence-electron chi connectivity index (χ4n) is 1.31. The van der Waals surface area contributed by atoms with E-state index in [0.717, 1.165) is 17.3 Å². The molecule has 0 saturated heterocycles. The van der Waals surface area contributed by atoms with Gasteiger partial charge in [0.15, 0.2) is 0 Å². The van der Waals surface area contributed by atoms with Crippen molar-refractivity contribution in [3.05, 3.63) is 22.4 Å². The molecular formula is C10H17BrClN3O. The first kappa shape index (κ1) is 15.5. The van der Waals surface area contributed by atoms with Crippen LogP contribution in [0.2, 0.25) is 0 Å². The summed E-state index contributed by atoms with van der Waals surface area (Å²) in [7, 11) is 1.85. The van der Waals surface area contributed by atoms with Crippen LogP contribution in [0.3, 0.4) is 0 Å². The minimum absolute atomic E-state index is 0. The predicted octanol–water partition coefficient (Wildman–Crippen LogP) is 1.68. The third-order valence-electron chi connectivity index (χ3n) is 2.12. The van der Waals surface area contributed by atoms with Crippen molar-refractivity contribution < 1.29 is 4.79 Å². The van der Waals surface area contributed by atoms with Crippen LogP contribution in [0.1, 0.15) is 23.3 Å². The summed E-state index contributed by atoms with van der Waals surface area (Å²) in [6.45, 7) is 1.35. The van der Waals surface area contributed by atoms with Crippen molar-refractivity contribution in [1.82, 2.24) is 9.88 Å². The van der Waals surface area contributed by atoms with Gasteiger partial charge in [0.05, 0.1) is 0 Å². The van der Waals surface area contributed by atoms with Crippen LogP contribution in [-0.2, 0) is 7.05 Å². The van der Waals surface area contributed by atoms with Gasteiger partial charge in [-0.15, -0.1) is 12.4 Å². The summed E-state index contributed by atoms with van der Waals surface area (Å²) in [6, 6.07) is 1.80. The molecule has 1 aromatic rings. The Morgan fingerprint density at radius 1 is 1.56 bits per heavy atom. The van der Waals surface area contributed by atoms with E-state index >= 15 is 0 Å². The van der Waals surface area contributed by atoms with Gasteiger partial charge in [0.25, 0.3) is 5.91 Å². The number of aryl methyl sites for hydroxylation is 1. The Morgan fingerprint density at radius 3 is 2.75 bits per heavy atom. The number of rotatable bonds is 5. The van der Waals surface area contributed by atoms with Crippen LogP contribution in [0.25, 0.3) is 0 Å². The summed E-state index contributed by atoms with van der Waals surface area (Å²) in [5.41, 5.74) is 6.02. The normalized spacial score (nSPS) is 9.69. The van der Waals surface area contributed by atoms with Crippen molar-refractivity contribution in [3.63, 3.8) is 0 Å². The molecule has 0 aromatic carbocycles. The number of nitrogens with one attached hydrogen (secondary N) is 1. The highest BCUT2D eigenvalue weighted by Gasteiger charge is 2.09. The van der Waals surface area contributed by atoms with E-state index < -0.39 is 0 Å². The summed E-state index contributed by atoms with van der Waals surface area (Å²) in [6.07, 6.45) is 3.72. The Kier molecular flexibility index (Phi) is 7.45. The molecule has 1 aromatic heterocycles. The molecule has 0 aliphatic carbocycles. The lowest BCUT2D eigenvalue weighted by molar-refractivity contribution is 0.0945. The average molecular weight is 311 g/mol. The fourth-order valence-corrected chi connectivity index (χ4v) is 1.84. The molecule has 4 nitrogen and oxygen atoms in total. The molecule has 0 spiro atoms. The number of aromatic nitrogens is 1. The van der Waals surface area contributed by atoms with Crippen LogP contribution in [0, 0.1) is 0 Å². The van der Waals surface area contributed by atoms with Gasteiger partial charge in [0.2, 0.25) is 0 Å². The molecule has 0 saturated carbocycles. The maximum absolute atomic E-state index is 11.7. The van der Waals surface area contributed by atoms with E-state index in [2.05, 4.69) is 21.2 Å². The van der Waals surface area contributed by atoms with Crippen molar-refractivity contribution in [1.29, 1.82) is 0 Å². The number of carbonyl (C=O) groups excluding carboxylic acids is 1. The molecule has 1 heterocycles. The van der Waals surface area contributed by atoms with E-state index in [1.807, 2.05) is 13.2 Å². The van der Waals surface area contributed by atoms with Gasteiger partial charge in [-0.05, 0) is 41.4 Å². The number of halogens is 2. The van der Waals surface area contributed by atoms with E-state index in [1.54, 1.807) is 10.6 Å². The van der Waals surface area contributed by atoms with E-state index in [9.17, 15) is 4.79 Å². The second-order valence-electron chi connectivity index (χ2n) is 3.41. The van der Waals surface area contributed by atoms with Gasteiger partial charge in [-0.1, -0.05) is 0 Å². The Morgan fingerprint density at radius 2 is 2.25 bits per heavy atom. The topological polar surface area (TPSA) is 60.0 Å². The second-order valence-corrected chi connectivity index (χ2v) is 4.32. The molecule has 0 fully saturated rings. The zero-order valence-electron chi connectivity index (χ0n) is 9.20. The molecule has 0 atom stereocenters. The molecule has 0 aliphatic rings. The fraction of sp³-hybridized carbons (Fsp3) is 0.500. The van der Waals surface area contributed by atoms with Gasteiger partial charge in [-0.25, -0.2) is 0 Å². The van der Waals surface area contributed by atoms with Crippen molar-refractivity contribution >= 4 is 34.2 Å². The Labute approximate surface area is 110 Å². The van der Waals surface area contributed by atoms with E-state index in [0.29, 0.717) is 18.8 Å². The summed E-state index contributed by atoms with van der Waals surface area (Å²) in [5.74, 6) is -0.0415. The smallest absolute Gasteiger partial charge is 0.267 e. The number of unbranched alkanes of at least 4 members (excludes halogenated alkanes) is 1. The van der Waals surface area contributed by atoms with Crippen LogP contribution < -0.4 is 11.1 Å². The highest BCUT2D eigenvalue weighted by molar-refractivity contribution is 9.10. The number of carbonyl (C=O) groups is 1. The number of nitrogens with two attached hydrogens (primary N) is 1. The van der Waals surface area contributed by atoms with Gasteiger partial charge in [0, 0.05) is 24.3 Å². The molecular weight excluding hydrogens is 293 g/mol. The van der Waals surface area contributed by atoms with Crippen molar-refractivity contribution in [2.75, 3.05) is 13.1 Å². The van der Waals surface area contributed by atoms with Crippen LogP contribution in [-0.4, -0.2) is 23.6 Å². The van der Waals surface area contributed by atoms with Crippen LogP contribution in [0.4, 0.5) is 0 Å². The summed E-state index contributed by atoms with van der Waals surface area (Å²) in [4.78, 5) is 11.7. The zero-order valence-corrected chi connectivity index (χ0v) is 11.6. The van der Waals surface area contributed by atoms with Gasteiger partial charge >= 0.3 is 0 Å². The molecule has 0 aliphatic heterocycles. The summed E-state index contributed by atoms with van der Waals surface area (Å²) < 4.78 is 2.71. The quantitative estimate of drug-likeness (QED) is 0.813. The Balaban J connectivity index is 0.00000225. The van der Waals surface area contributed by atoms with Gasteiger partial charge in [-0.3, -0.25) is 4.79 Å². The lowest BCUT2D eigenvalue weighted by atomic mass is 10.3. The highest BCUT2D eigenvalue weighted by atomic mass is 79.9. The van der Waals surface area contributed by atoms with Crippen molar-refractivity contribution in [3.8, 4) is 0 Å². The molecule has 6 heteroatoms. The lowest BCUT2D eigenvalue weighted by Crippen LogP contribution is -2.26. The number of hydrogen-bond donors (Lipinski definition) is 2. The van der Waals surface area contributed by atoms with Crippen LogP contribution >= 0.6 is 28.3 Å². The standard InChI is InChI=1S/C10H16BrN3O.ClH/c1-14-7-8(11)6-9(14)10(15)13-5-3-2-4-12;/h6-7H,2-5,12H2,1H3,(H,13,15);1H. The zero-order chi connectivity index (χ0) is 11.3. The second kappa shape index (κ2) is 7.70. The Hall–Kier alpha value is -0.520. The SMILES string of the molecule is Cl.Cn1cc(Br)cc1C(=O)NCCCCN. The maximum atomic E-state index is 11.7. The molecule has 1 amide bonds. The number of amides is 1. The first-order valence-corrected chi connectivity index (χ1v) is 5.74. The molecule has 0 bridgehead atoms. The van der Waals surface area contributed by atoms with Crippen LogP contribution in [0.15, 0.2) is 16.7 Å². The predicted molar refractivity (Wildman–Crippen MR) is 71.0 cm³/mol. The molecule has 16 heavy (non-hydrogen) atoms. The van der Waals surface area contributed by atoms with E-state index in [1.165, 1.54) is 0 Å². The Bertz CT molecular complexity index is 341. The van der Waals surface area contributed by atoms with E-state index in [4.69, 9.17) is 5.73 Å². The van der Waals surface area contributed by atoms with Crippen molar-refractivity contribution in [2.24, 2.45) is 12.8 Å². The maximum Gasteiger partial charge on any atom is 0.267 e. The molecule has 0 unspecified atom stereocenters. The first-order valence-electron chi connectivity index (χ1n) is 4.95. The minimum Gasteiger partial charge on any atom is -0.351 e. The molecule has 3 N–H and O–H groups in total. The monoisotopic (exact) mass is 309 g/mol. The van der Waals surface area contributed by atoms with Gasteiger partial charge in [-0.2, -0.15) is 0 Å². The number of hydrogen-bond acceptors (Lipinski definition) is 2. The summed E-state index contributed by atoms with van der Waals surface area (Å²) >= 11 is 3.33. The first-order chi connectivity index (χ1) is 7.15. The van der Waals surface area contributed by atoms with Gasteiger partial charge in [0.1, 0.15) is 5.69 Å². The number of nitrogens with zero attached hydrogens (tertiary/aromatic N) is 1. The average Bonchev–Trinajstić information content (AvgIpc) is 2.52. The van der Waals surface area contributed by atoms with Crippen molar-refractivity contribution in [2.45, 2.75) is 12.8 Å². The molecule has 1 rings (SSSR count). The largest absolute Gasteiger partial charge is 0.351 e. The van der Waals surface area contributed by atoms with Gasteiger partial charge < -0.3 is 15.6 Å². The third kappa shape index (κ3) is 4.55. The molecule has 0 radical (unpaired) electrons. The highest BCUT2D eigenvalue weighted by Crippen LogP contribution is 2.13. The van der Waals surface area contributed by atoms with Crippen LogP contribution in [0.5, 0.6) is 0 Å². The minimum atomic E-state index is -0.0415.